The second-order valence-corrected chi connectivity index (χ2v) is 9.13. The number of piperidine rings is 2. The summed E-state index contributed by atoms with van der Waals surface area (Å²) in [5, 5.41) is 1.28. The molecule has 2 aromatic rings. The Kier molecular flexibility index (Phi) is 5.79. The van der Waals surface area contributed by atoms with Gasteiger partial charge in [0.15, 0.2) is 0 Å². The SMILES string of the molecule is Cc1ccc([C@@H]2C[C@@H](C)CN(C(C=O)C3CCN(C)CC3)C2)c2cccnc12. The van der Waals surface area contributed by atoms with E-state index in [2.05, 4.69) is 53.9 Å². The van der Waals surface area contributed by atoms with E-state index >= 15 is 0 Å². The van der Waals surface area contributed by atoms with Crippen LogP contribution in [0.15, 0.2) is 30.5 Å². The molecule has 0 N–H and O–H groups in total. The van der Waals surface area contributed by atoms with Gasteiger partial charge in [0.05, 0.1) is 11.6 Å². The molecule has 3 atom stereocenters. The Bertz CT molecular complexity index is 828. The normalized spacial score (nSPS) is 26.4. The summed E-state index contributed by atoms with van der Waals surface area (Å²) in [6.45, 7) is 8.70. The lowest BCUT2D eigenvalue weighted by atomic mass is 9.81. The first-order valence-electron chi connectivity index (χ1n) is 10.8. The standard InChI is InChI=1S/C24H33N3O/c1-17-13-20(21-7-6-18(2)24-22(21)5-4-10-25-24)15-27(14-17)23(16-28)19-8-11-26(3)12-9-19/h4-7,10,16-17,19-20,23H,8-9,11-15H2,1-3H3/t17-,20-,23?/m1/s1. The van der Waals surface area contributed by atoms with Gasteiger partial charge in [0.1, 0.15) is 6.29 Å². The fourth-order valence-electron chi connectivity index (χ4n) is 5.42. The van der Waals surface area contributed by atoms with Crippen LogP contribution in [0, 0.1) is 18.8 Å². The first-order valence-corrected chi connectivity index (χ1v) is 10.8. The highest BCUT2D eigenvalue weighted by atomic mass is 16.1. The molecule has 1 unspecified atom stereocenters. The number of carbonyl (C=O) groups is 1. The zero-order chi connectivity index (χ0) is 19.7. The number of rotatable bonds is 4. The van der Waals surface area contributed by atoms with Crippen molar-refractivity contribution in [2.24, 2.45) is 11.8 Å². The summed E-state index contributed by atoms with van der Waals surface area (Å²) >= 11 is 0. The second-order valence-electron chi connectivity index (χ2n) is 9.13. The molecule has 2 fully saturated rings. The molecule has 4 rings (SSSR count). The minimum absolute atomic E-state index is 0.0637. The van der Waals surface area contributed by atoms with E-state index in [0.29, 0.717) is 17.8 Å². The first-order chi connectivity index (χ1) is 13.6. The fourth-order valence-corrected chi connectivity index (χ4v) is 5.42. The number of likely N-dealkylation sites (tertiary alicyclic amines) is 2. The summed E-state index contributed by atoms with van der Waals surface area (Å²) in [4.78, 5) is 21.6. The predicted molar refractivity (Wildman–Crippen MR) is 115 cm³/mol. The van der Waals surface area contributed by atoms with Crippen molar-refractivity contribution in [2.75, 3.05) is 33.2 Å². The lowest BCUT2D eigenvalue weighted by Crippen LogP contribution is -2.51. The van der Waals surface area contributed by atoms with Crippen LogP contribution >= 0.6 is 0 Å². The quantitative estimate of drug-likeness (QED) is 0.756. The zero-order valence-corrected chi connectivity index (χ0v) is 17.5. The Balaban J connectivity index is 1.60. The highest BCUT2D eigenvalue weighted by Gasteiger charge is 2.35. The summed E-state index contributed by atoms with van der Waals surface area (Å²) in [5.41, 5.74) is 3.75. The molecular formula is C24H33N3O. The van der Waals surface area contributed by atoms with Gasteiger partial charge < -0.3 is 9.69 Å². The number of hydrogen-bond acceptors (Lipinski definition) is 4. The second kappa shape index (κ2) is 8.30. The van der Waals surface area contributed by atoms with Crippen molar-refractivity contribution in [3.8, 4) is 0 Å². The topological polar surface area (TPSA) is 36.4 Å². The Hall–Kier alpha value is -1.78. The number of hydrogen-bond donors (Lipinski definition) is 0. The molecule has 2 aliphatic rings. The zero-order valence-electron chi connectivity index (χ0n) is 17.5. The molecule has 2 aliphatic heterocycles. The van der Waals surface area contributed by atoms with Crippen molar-refractivity contribution >= 4 is 17.2 Å². The molecule has 150 valence electrons. The summed E-state index contributed by atoms with van der Waals surface area (Å²) in [6.07, 6.45) is 6.57. The van der Waals surface area contributed by atoms with Crippen LogP contribution in [0.1, 0.15) is 43.2 Å². The Morgan fingerprint density at radius 3 is 2.71 bits per heavy atom. The van der Waals surface area contributed by atoms with E-state index in [1.54, 1.807) is 0 Å². The van der Waals surface area contributed by atoms with Crippen LogP contribution in [0.4, 0.5) is 0 Å². The summed E-state index contributed by atoms with van der Waals surface area (Å²) < 4.78 is 0. The third-order valence-corrected chi connectivity index (χ3v) is 6.94. The van der Waals surface area contributed by atoms with Gasteiger partial charge in [0.25, 0.3) is 0 Å². The summed E-state index contributed by atoms with van der Waals surface area (Å²) in [5.74, 6) is 1.56. The molecule has 3 heterocycles. The number of aromatic nitrogens is 1. The van der Waals surface area contributed by atoms with Crippen molar-refractivity contribution in [3.05, 3.63) is 41.6 Å². The number of benzene rings is 1. The molecule has 2 saturated heterocycles. The molecule has 4 nitrogen and oxygen atoms in total. The highest BCUT2D eigenvalue weighted by Crippen LogP contribution is 2.36. The van der Waals surface area contributed by atoms with Gasteiger partial charge in [-0.3, -0.25) is 9.88 Å². The van der Waals surface area contributed by atoms with Crippen molar-refractivity contribution in [2.45, 2.75) is 45.1 Å². The summed E-state index contributed by atoms with van der Waals surface area (Å²) in [7, 11) is 2.18. The van der Waals surface area contributed by atoms with Crippen LogP contribution in [0.2, 0.25) is 0 Å². The third-order valence-electron chi connectivity index (χ3n) is 6.94. The van der Waals surface area contributed by atoms with Gasteiger partial charge in [-0.15, -0.1) is 0 Å². The van der Waals surface area contributed by atoms with Gasteiger partial charge in [-0.05, 0) is 81.3 Å². The maximum atomic E-state index is 12.1. The third kappa shape index (κ3) is 3.85. The van der Waals surface area contributed by atoms with Gasteiger partial charge in [-0.25, -0.2) is 0 Å². The minimum Gasteiger partial charge on any atom is -0.306 e. The van der Waals surface area contributed by atoms with Crippen LogP contribution in [-0.4, -0.2) is 60.3 Å². The van der Waals surface area contributed by atoms with Crippen LogP contribution < -0.4 is 0 Å². The van der Waals surface area contributed by atoms with Crippen LogP contribution in [0.25, 0.3) is 10.9 Å². The molecule has 0 saturated carbocycles. The van der Waals surface area contributed by atoms with Gasteiger partial charge in [0.2, 0.25) is 0 Å². The monoisotopic (exact) mass is 379 g/mol. The lowest BCUT2D eigenvalue weighted by molar-refractivity contribution is -0.116. The van der Waals surface area contributed by atoms with Gasteiger partial charge in [0, 0.05) is 24.7 Å². The van der Waals surface area contributed by atoms with Crippen LogP contribution in [-0.2, 0) is 4.79 Å². The van der Waals surface area contributed by atoms with E-state index in [0.717, 1.165) is 44.5 Å². The fraction of sp³-hybridized carbons (Fsp3) is 0.583. The number of fused-ring (bicyclic) bond motifs is 1. The molecule has 0 amide bonds. The Labute approximate surface area is 168 Å². The van der Waals surface area contributed by atoms with Crippen molar-refractivity contribution < 1.29 is 4.79 Å². The number of aldehydes is 1. The van der Waals surface area contributed by atoms with E-state index < -0.39 is 0 Å². The number of aryl methyl sites for hydroxylation is 1. The Morgan fingerprint density at radius 1 is 1.18 bits per heavy atom. The van der Waals surface area contributed by atoms with E-state index in [-0.39, 0.29) is 6.04 Å². The minimum atomic E-state index is 0.0637. The van der Waals surface area contributed by atoms with Crippen molar-refractivity contribution in [3.63, 3.8) is 0 Å². The number of pyridine rings is 1. The highest BCUT2D eigenvalue weighted by molar-refractivity contribution is 5.85. The molecule has 1 aromatic carbocycles. The van der Waals surface area contributed by atoms with E-state index in [1.807, 2.05) is 12.3 Å². The molecule has 0 spiro atoms. The lowest BCUT2D eigenvalue weighted by Gasteiger charge is -2.43. The first kappa shape index (κ1) is 19.5. The maximum Gasteiger partial charge on any atom is 0.137 e. The van der Waals surface area contributed by atoms with Gasteiger partial charge >= 0.3 is 0 Å². The average molecular weight is 380 g/mol. The largest absolute Gasteiger partial charge is 0.306 e. The molecular weight excluding hydrogens is 346 g/mol. The van der Waals surface area contributed by atoms with Gasteiger partial charge in [-0.2, -0.15) is 0 Å². The van der Waals surface area contributed by atoms with E-state index in [9.17, 15) is 4.79 Å². The van der Waals surface area contributed by atoms with Crippen LogP contribution in [0.3, 0.4) is 0 Å². The van der Waals surface area contributed by atoms with Gasteiger partial charge in [-0.1, -0.05) is 25.1 Å². The maximum absolute atomic E-state index is 12.1. The van der Waals surface area contributed by atoms with E-state index in [1.165, 1.54) is 29.2 Å². The van der Waals surface area contributed by atoms with Crippen LogP contribution in [0.5, 0.6) is 0 Å². The molecule has 28 heavy (non-hydrogen) atoms. The number of carbonyl (C=O) groups excluding carboxylic acids is 1. The van der Waals surface area contributed by atoms with Crippen molar-refractivity contribution in [1.29, 1.82) is 0 Å². The molecule has 4 heteroatoms. The smallest absolute Gasteiger partial charge is 0.137 e. The average Bonchev–Trinajstić information content (AvgIpc) is 2.70. The molecule has 1 aromatic heterocycles. The van der Waals surface area contributed by atoms with Crippen molar-refractivity contribution in [1.82, 2.24) is 14.8 Å². The molecule has 0 aliphatic carbocycles. The number of nitrogens with zero attached hydrogens (tertiary/aromatic N) is 3. The Morgan fingerprint density at radius 2 is 1.96 bits per heavy atom. The molecule has 0 bridgehead atoms. The predicted octanol–water partition coefficient (Wildman–Crippen LogP) is 3.88. The molecule has 0 radical (unpaired) electrons. The summed E-state index contributed by atoms with van der Waals surface area (Å²) in [6, 6.07) is 8.83. The van der Waals surface area contributed by atoms with E-state index in [4.69, 9.17) is 0 Å².